The molecular weight excluding hydrogens is 379 g/mol. The Hall–Kier alpha value is -0.974. The van der Waals surface area contributed by atoms with Crippen molar-refractivity contribution in [3.63, 3.8) is 0 Å². The van der Waals surface area contributed by atoms with Crippen molar-refractivity contribution in [2.75, 3.05) is 0 Å². The number of benzene rings is 2. The summed E-state index contributed by atoms with van der Waals surface area (Å²) in [4.78, 5) is 3.51. The molecule has 1 aromatic heterocycles. The van der Waals surface area contributed by atoms with Crippen molar-refractivity contribution in [2.24, 2.45) is 0 Å². The third kappa shape index (κ3) is 8.73. The second-order valence-corrected chi connectivity index (χ2v) is 5.86. The first-order chi connectivity index (χ1) is 13.2. The van der Waals surface area contributed by atoms with Crippen LogP contribution in [0.5, 0.6) is 0 Å². The van der Waals surface area contributed by atoms with Gasteiger partial charge >= 0.3 is 51.4 Å². The summed E-state index contributed by atoms with van der Waals surface area (Å²) in [7, 11) is 0. The van der Waals surface area contributed by atoms with Crippen LogP contribution in [0.3, 0.4) is 0 Å². The molecule has 0 aliphatic carbocycles. The standard InChI is InChI=1S/C21H22N2.2C2H6.CH3.K/c1-4-8-18-19-13-15(2)11-12-20(19)23-21(18)14-22-16(3)17-9-6-5-7-10-17;2*1-2;;/h5-7,9,11-14,22-23H,3-4,8H2,1-2H3;2*1-2H3;1H3;/q-2;;;-1;+1. The van der Waals surface area contributed by atoms with Gasteiger partial charge in [0, 0.05) is 5.52 Å². The van der Waals surface area contributed by atoms with Crippen LogP contribution in [0.4, 0.5) is 0 Å². The number of H-pyrrole nitrogens is 1. The van der Waals surface area contributed by atoms with E-state index >= 15 is 0 Å². The van der Waals surface area contributed by atoms with Gasteiger partial charge in [-0.2, -0.15) is 5.56 Å². The number of nitrogens with one attached hydrogen (secondary N) is 2. The van der Waals surface area contributed by atoms with Crippen molar-refractivity contribution in [1.82, 2.24) is 10.3 Å². The van der Waals surface area contributed by atoms with E-state index in [9.17, 15) is 0 Å². The van der Waals surface area contributed by atoms with E-state index in [1.54, 1.807) is 0 Å². The monoisotopic (exact) mass is 416 g/mol. The summed E-state index contributed by atoms with van der Waals surface area (Å²) in [5.74, 6) is 0. The van der Waals surface area contributed by atoms with Gasteiger partial charge in [0.1, 0.15) is 0 Å². The smallest absolute Gasteiger partial charge is 0.478 e. The fraction of sp³-hybridized carbons (Fsp3) is 0.308. The minimum Gasteiger partial charge on any atom is -0.478 e. The largest absolute Gasteiger partial charge is 1.00 e. The first-order valence-electron chi connectivity index (χ1n) is 10.1. The van der Waals surface area contributed by atoms with Crippen LogP contribution in [-0.2, 0) is 6.42 Å². The van der Waals surface area contributed by atoms with Crippen molar-refractivity contribution in [2.45, 2.75) is 54.4 Å². The number of hydrogen-bond donors (Lipinski definition) is 2. The predicted octanol–water partition coefficient (Wildman–Crippen LogP) is 4.51. The summed E-state index contributed by atoms with van der Waals surface area (Å²) >= 11 is 0. The average Bonchev–Trinajstić information content (AvgIpc) is 3.07. The molecule has 3 rings (SSSR count). The van der Waals surface area contributed by atoms with E-state index in [-0.39, 0.29) is 58.8 Å². The van der Waals surface area contributed by atoms with Crippen LogP contribution in [0, 0.1) is 27.0 Å². The van der Waals surface area contributed by atoms with Crippen LogP contribution in [0.1, 0.15) is 63.4 Å². The van der Waals surface area contributed by atoms with E-state index in [1.807, 2.05) is 58.5 Å². The summed E-state index contributed by atoms with van der Waals surface area (Å²) < 4.78 is 0. The molecule has 0 atom stereocenters. The maximum atomic E-state index is 4.10. The molecule has 2 aromatic carbocycles. The number of rotatable bonds is 6. The number of fused-ring (bicyclic) bond motifs is 1. The maximum absolute atomic E-state index is 4.10. The Morgan fingerprint density at radius 3 is 2.41 bits per heavy atom. The summed E-state index contributed by atoms with van der Waals surface area (Å²) in [6, 6.07) is 17.6. The Balaban J connectivity index is 0. The fourth-order valence-electron chi connectivity index (χ4n) is 2.84. The van der Waals surface area contributed by atoms with Gasteiger partial charge in [-0.1, -0.05) is 76.2 Å². The Labute approximate surface area is 222 Å². The van der Waals surface area contributed by atoms with E-state index in [0.29, 0.717) is 0 Å². The summed E-state index contributed by atoms with van der Waals surface area (Å²) in [5, 5.41) is 4.62. The molecule has 0 amide bonds. The van der Waals surface area contributed by atoms with Crippen LogP contribution >= 0.6 is 0 Å². The van der Waals surface area contributed by atoms with E-state index in [2.05, 4.69) is 55.0 Å². The second-order valence-electron chi connectivity index (χ2n) is 5.86. The van der Waals surface area contributed by atoms with Gasteiger partial charge in [0.05, 0.1) is 0 Å². The van der Waals surface area contributed by atoms with E-state index in [0.717, 1.165) is 29.8 Å². The van der Waals surface area contributed by atoms with Crippen molar-refractivity contribution >= 4 is 16.6 Å². The predicted molar refractivity (Wildman–Crippen MR) is 127 cm³/mol. The molecule has 2 nitrogen and oxygen atoms in total. The first kappa shape index (κ1) is 30.2. The third-order valence-corrected chi connectivity index (χ3v) is 4.02. The summed E-state index contributed by atoms with van der Waals surface area (Å²) in [6.45, 7) is 18.5. The molecule has 0 aliphatic rings. The Morgan fingerprint density at radius 1 is 1.14 bits per heavy atom. The maximum Gasteiger partial charge on any atom is 1.00 e. The molecular formula is C26H37KN2-2. The molecule has 1 heterocycles. The molecule has 0 fully saturated rings. The minimum atomic E-state index is 0. The third-order valence-electron chi connectivity index (χ3n) is 4.02. The van der Waals surface area contributed by atoms with Gasteiger partial charge in [0.2, 0.25) is 0 Å². The van der Waals surface area contributed by atoms with Gasteiger partial charge in [-0.3, -0.25) is 0 Å². The zero-order valence-corrected chi connectivity index (χ0v) is 22.9. The van der Waals surface area contributed by atoms with Crippen LogP contribution < -0.4 is 56.7 Å². The summed E-state index contributed by atoms with van der Waals surface area (Å²) in [6.07, 6.45) is 2.18. The zero-order chi connectivity index (χ0) is 20.2. The van der Waals surface area contributed by atoms with Gasteiger partial charge in [0.15, 0.2) is 0 Å². The van der Waals surface area contributed by atoms with Crippen molar-refractivity contribution in [3.8, 4) is 0 Å². The van der Waals surface area contributed by atoms with Gasteiger partial charge in [0.25, 0.3) is 0 Å². The molecule has 2 N–H and O–H groups in total. The topological polar surface area (TPSA) is 27.8 Å². The molecule has 0 aliphatic heterocycles. The molecule has 0 unspecified atom stereocenters. The molecule has 0 radical (unpaired) electrons. The number of aromatic amines is 1. The minimum absolute atomic E-state index is 0. The average molecular weight is 417 g/mol. The van der Waals surface area contributed by atoms with Gasteiger partial charge in [-0.15, -0.1) is 54.7 Å². The molecule has 29 heavy (non-hydrogen) atoms. The van der Waals surface area contributed by atoms with Gasteiger partial charge in [-0.25, -0.2) is 0 Å². The number of aromatic nitrogens is 1. The van der Waals surface area contributed by atoms with Gasteiger partial charge in [-0.05, 0) is 13.0 Å². The summed E-state index contributed by atoms with van der Waals surface area (Å²) in [5.41, 5.74) is 6.80. The zero-order valence-electron chi connectivity index (χ0n) is 19.7. The quantitative estimate of drug-likeness (QED) is 0.449. The SMILES string of the molecule is C=C(N[CH-]c1[nH]c2ccc(C)cc2c1CCC)c1[c-]cccc1.CC.CC.[CH3-].[K+]. The van der Waals surface area contributed by atoms with Crippen molar-refractivity contribution in [3.05, 3.63) is 91.5 Å². The molecule has 3 aromatic rings. The number of hydrogen-bond acceptors (Lipinski definition) is 1. The van der Waals surface area contributed by atoms with Crippen LogP contribution in [-0.4, -0.2) is 4.98 Å². The van der Waals surface area contributed by atoms with Gasteiger partial charge < -0.3 is 17.7 Å². The first-order valence-corrected chi connectivity index (χ1v) is 10.1. The van der Waals surface area contributed by atoms with E-state index < -0.39 is 0 Å². The molecule has 3 heteroatoms. The van der Waals surface area contributed by atoms with E-state index in [4.69, 9.17) is 0 Å². The van der Waals surface area contributed by atoms with Crippen molar-refractivity contribution < 1.29 is 51.4 Å². The molecule has 0 spiro atoms. The Bertz CT molecular complexity index is 819. The Morgan fingerprint density at radius 2 is 1.83 bits per heavy atom. The second kappa shape index (κ2) is 16.8. The molecule has 0 saturated carbocycles. The molecule has 154 valence electrons. The van der Waals surface area contributed by atoms with Crippen LogP contribution in [0.2, 0.25) is 0 Å². The van der Waals surface area contributed by atoms with Crippen LogP contribution in [0.15, 0.2) is 49.0 Å². The molecule has 0 saturated heterocycles. The molecule has 0 bridgehead atoms. The number of aryl methyl sites for hydroxylation is 2. The van der Waals surface area contributed by atoms with Crippen LogP contribution in [0.25, 0.3) is 16.6 Å². The fourth-order valence-corrected chi connectivity index (χ4v) is 2.84. The normalized spacial score (nSPS) is 8.90. The Kier molecular flexibility index (Phi) is 17.5. The van der Waals surface area contributed by atoms with Crippen molar-refractivity contribution in [1.29, 1.82) is 0 Å². The van der Waals surface area contributed by atoms with E-state index in [1.165, 1.54) is 22.0 Å².